The summed E-state index contributed by atoms with van der Waals surface area (Å²) in [7, 11) is 0. The Morgan fingerprint density at radius 2 is 1.80 bits per heavy atom. The minimum atomic E-state index is -0.433. The van der Waals surface area contributed by atoms with E-state index in [1.54, 1.807) is 0 Å². The standard InChI is InChI=1S/C14H28O/c1-5-9-10-12-13(11-6-2)14(15,7-3)8-4/h5,13,15H,1,6-12H2,2-4H3. The van der Waals surface area contributed by atoms with Gasteiger partial charge in [0.25, 0.3) is 0 Å². The van der Waals surface area contributed by atoms with Crippen LogP contribution in [0.1, 0.15) is 65.7 Å². The van der Waals surface area contributed by atoms with Crippen LogP contribution in [0.5, 0.6) is 0 Å². The molecule has 0 aromatic rings. The van der Waals surface area contributed by atoms with E-state index in [2.05, 4.69) is 27.4 Å². The van der Waals surface area contributed by atoms with Gasteiger partial charge in [-0.15, -0.1) is 6.58 Å². The van der Waals surface area contributed by atoms with Crippen LogP contribution in [0.15, 0.2) is 12.7 Å². The third-order valence-corrected chi connectivity index (χ3v) is 3.58. The van der Waals surface area contributed by atoms with Crippen LogP contribution in [0.3, 0.4) is 0 Å². The molecule has 1 unspecified atom stereocenters. The maximum atomic E-state index is 10.5. The molecule has 0 fully saturated rings. The van der Waals surface area contributed by atoms with Gasteiger partial charge in [-0.05, 0) is 44.4 Å². The zero-order chi connectivity index (χ0) is 11.7. The van der Waals surface area contributed by atoms with Crippen molar-refractivity contribution < 1.29 is 5.11 Å². The first-order valence-corrected chi connectivity index (χ1v) is 6.47. The van der Waals surface area contributed by atoms with E-state index in [0.29, 0.717) is 5.92 Å². The van der Waals surface area contributed by atoms with Crippen molar-refractivity contribution in [1.29, 1.82) is 0 Å². The van der Waals surface area contributed by atoms with Gasteiger partial charge in [0.15, 0.2) is 0 Å². The van der Waals surface area contributed by atoms with Crippen LogP contribution in [0, 0.1) is 5.92 Å². The smallest absolute Gasteiger partial charge is 0.0670 e. The molecule has 0 radical (unpaired) electrons. The summed E-state index contributed by atoms with van der Waals surface area (Å²) in [6, 6.07) is 0. The van der Waals surface area contributed by atoms with Gasteiger partial charge in [-0.3, -0.25) is 0 Å². The monoisotopic (exact) mass is 212 g/mol. The number of unbranched alkanes of at least 4 members (excludes halogenated alkanes) is 1. The average Bonchev–Trinajstić information content (AvgIpc) is 2.27. The summed E-state index contributed by atoms with van der Waals surface area (Å²) in [5.74, 6) is 0.470. The summed E-state index contributed by atoms with van der Waals surface area (Å²) in [6.45, 7) is 10.1. The predicted molar refractivity (Wildman–Crippen MR) is 68.0 cm³/mol. The molecular weight excluding hydrogens is 184 g/mol. The van der Waals surface area contributed by atoms with Gasteiger partial charge in [0.05, 0.1) is 5.60 Å². The Morgan fingerprint density at radius 3 is 2.20 bits per heavy atom. The second-order valence-corrected chi connectivity index (χ2v) is 4.52. The lowest BCUT2D eigenvalue weighted by Crippen LogP contribution is -2.36. The van der Waals surface area contributed by atoms with E-state index < -0.39 is 5.60 Å². The first kappa shape index (κ1) is 14.7. The number of allylic oxidation sites excluding steroid dienone is 1. The minimum Gasteiger partial charge on any atom is -0.390 e. The van der Waals surface area contributed by atoms with Crippen LogP contribution in [0.4, 0.5) is 0 Å². The van der Waals surface area contributed by atoms with Gasteiger partial charge >= 0.3 is 0 Å². The first-order valence-electron chi connectivity index (χ1n) is 6.47. The summed E-state index contributed by atoms with van der Waals surface area (Å²) in [5.41, 5.74) is -0.433. The molecule has 0 aliphatic rings. The Bertz CT molecular complexity index is 159. The van der Waals surface area contributed by atoms with Crippen molar-refractivity contribution >= 4 is 0 Å². The molecule has 0 aromatic carbocycles. The highest BCUT2D eigenvalue weighted by molar-refractivity contribution is 4.84. The highest BCUT2D eigenvalue weighted by Crippen LogP contribution is 2.32. The Balaban J connectivity index is 4.27. The van der Waals surface area contributed by atoms with Crippen molar-refractivity contribution in [3.8, 4) is 0 Å². The minimum absolute atomic E-state index is 0.433. The summed E-state index contributed by atoms with van der Waals surface area (Å²) >= 11 is 0. The van der Waals surface area contributed by atoms with Gasteiger partial charge < -0.3 is 5.11 Å². The Morgan fingerprint density at radius 1 is 1.20 bits per heavy atom. The summed E-state index contributed by atoms with van der Waals surface area (Å²) in [5, 5.41) is 10.5. The summed E-state index contributed by atoms with van der Waals surface area (Å²) < 4.78 is 0. The van der Waals surface area contributed by atoms with E-state index in [9.17, 15) is 5.11 Å². The van der Waals surface area contributed by atoms with E-state index in [4.69, 9.17) is 0 Å². The van der Waals surface area contributed by atoms with Crippen LogP contribution in [-0.4, -0.2) is 10.7 Å². The molecule has 90 valence electrons. The second-order valence-electron chi connectivity index (χ2n) is 4.52. The topological polar surface area (TPSA) is 20.2 Å². The van der Waals surface area contributed by atoms with E-state index in [1.165, 1.54) is 6.42 Å². The van der Waals surface area contributed by atoms with E-state index in [1.807, 2.05) is 6.08 Å². The third kappa shape index (κ3) is 4.83. The first-order chi connectivity index (χ1) is 7.14. The van der Waals surface area contributed by atoms with Crippen molar-refractivity contribution in [2.24, 2.45) is 5.92 Å². The fourth-order valence-corrected chi connectivity index (χ4v) is 2.37. The molecule has 1 nitrogen and oxygen atoms in total. The molecular formula is C14H28O. The molecule has 0 heterocycles. The molecule has 1 atom stereocenters. The van der Waals surface area contributed by atoms with Gasteiger partial charge in [-0.2, -0.15) is 0 Å². The molecule has 0 spiro atoms. The predicted octanol–water partition coefficient (Wildman–Crippen LogP) is 4.31. The normalized spacial score (nSPS) is 13.9. The zero-order valence-corrected chi connectivity index (χ0v) is 10.8. The quantitative estimate of drug-likeness (QED) is 0.446. The Kier molecular flexibility index (Phi) is 7.76. The van der Waals surface area contributed by atoms with Gasteiger partial charge in [0, 0.05) is 0 Å². The molecule has 0 saturated heterocycles. The Labute approximate surface area is 95.6 Å². The molecule has 0 amide bonds. The van der Waals surface area contributed by atoms with Crippen molar-refractivity contribution in [2.45, 2.75) is 71.3 Å². The number of rotatable bonds is 9. The highest BCUT2D eigenvalue weighted by Gasteiger charge is 2.31. The summed E-state index contributed by atoms with van der Waals surface area (Å²) in [6.07, 6.45) is 9.42. The van der Waals surface area contributed by atoms with Gasteiger partial charge in [-0.25, -0.2) is 0 Å². The van der Waals surface area contributed by atoms with E-state index >= 15 is 0 Å². The highest BCUT2D eigenvalue weighted by atomic mass is 16.3. The van der Waals surface area contributed by atoms with Gasteiger partial charge in [0.2, 0.25) is 0 Å². The van der Waals surface area contributed by atoms with Crippen molar-refractivity contribution in [3.05, 3.63) is 12.7 Å². The maximum absolute atomic E-state index is 10.5. The SMILES string of the molecule is C=CCCCC(CCC)C(O)(CC)CC. The largest absolute Gasteiger partial charge is 0.390 e. The fraction of sp³-hybridized carbons (Fsp3) is 0.857. The lowest BCUT2D eigenvalue weighted by molar-refractivity contribution is -0.0332. The number of hydrogen-bond acceptors (Lipinski definition) is 1. The second kappa shape index (κ2) is 7.92. The lowest BCUT2D eigenvalue weighted by atomic mass is 9.77. The fourth-order valence-electron chi connectivity index (χ4n) is 2.37. The average molecular weight is 212 g/mol. The van der Waals surface area contributed by atoms with Crippen LogP contribution >= 0.6 is 0 Å². The van der Waals surface area contributed by atoms with E-state index in [-0.39, 0.29) is 0 Å². The van der Waals surface area contributed by atoms with Crippen molar-refractivity contribution in [3.63, 3.8) is 0 Å². The molecule has 0 bridgehead atoms. The third-order valence-electron chi connectivity index (χ3n) is 3.58. The molecule has 1 heteroatoms. The zero-order valence-electron chi connectivity index (χ0n) is 10.8. The molecule has 0 rings (SSSR count). The molecule has 0 saturated carbocycles. The maximum Gasteiger partial charge on any atom is 0.0670 e. The van der Waals surface area contributed by atoms with Gasteiger partial charge in [0.1, 0.15) is 0 Å². The number of hydrogen-bond donors (Lipinski definition) is 1. The number of aliphatic hydroxyl groups is 1. The molecule has 1 N–H and O–H groups in total. The molecule has 0 aliphatic carbocycles. The van der Waals surface area contributed by atoms with E-state index in [0.717, 1.165) is 38.5 Å². The molecule has 0 aromatic heterocycles. The van der Waals surface area contributed by atoms with Gasteiger partial charge in [-0.1, -0.05) is 33.3 Å². The molecule has 0 aliphatic heterocycles. The summed E-state index contributed by atoms with van der Waals surface area (Å²) in [4.78, 5) is 0. The van der Waals surface area contributed by atoms with Crippen molar-refractivity contribution in [1.82, 2.24) is 0 Å². The molecule has 15 heavy (non-hydrogen) atoms. The lowest BCUT2D eigenvalue weighted by Gasteiger charge is -2.35. The van der Waals surface area contributed by atoms with Crippen molar-refractivity contribution in [2.75, 3.05) is 0 Å². The Hall–Kier alpha value is -0.300. The van der Waals surface area contributed by atoms with Crippen LogP contribution < -0.4 is 0 Å². The van der Waals surface area contributed by atoms with Crippen LogP contribution in [-0.2, 0) is 0 Å². The van der Waals surface area contributed by atoms with Crippen LogP contribution in [0.2, 0.25) is 0 Å². The van der Waals surface area contributed by atoms with Crippen LogP contribution in [0.25, 0.3) is 0 Å².